The van der Waals surface area contributed by atoms with E-state index in [1.807, 2.05) is 6.07 Å². The molecule has 1 unspecified atom stereocenters. The Bertz CT molecular complexity index is 453. The number of hydrogen-bond acceptors (Lipinski definition) is 6. The molecule has 0 saturated carbocycles. The van der Waals surface area contributed by atoms with Crippen molar-refractivity contribution < 1.29 is 19.4 Å². The van der Waals surface area contributed by atoms with Crippen molar-refractivity contribution in [3.05, 3.63) is 29.8 Å². The van der Waals surface area contributed by atoms with Crippen LogP contribution in [0.2, 0.25) is 0 Å². The maximum Gasteiger partial charge on any atom is 0.306 e. The van der Waals surface area contributed by atoms with Crippen LogP contribution in [0, 0.1) is 11.3 Å². The van der Waals surface area contributed by atoms with Crippen LogP contribution in [0.25, 0.3) is 0 Å². The standard InChI is InChI=1S/C14H18N2O4/c1-19-14(18)6-7-16-9-12(17)10-20-13-4-2-11(8-15)3-5-13/h2-5,12,16-17H,6-7,9-10H2,1H3. The number of methoxy groups -OCH3 is 1. The van der Waals surface area contributed by atoms with Crippen LogP contribution in [0.5, 0.6) is 5.75 Å². The molecule has 1 rings (SSSR count). The Balaban J connectivity index is 2.17. The fraction of sp³-hybridized carbons (Fsp3) is 0.429. The zero-order chi connectivity index (χ0) is 14.8. The summed E-state index contributed by atoms with van der Waals surface area (Å²) in [6, 6.07) is 8.67. The maximum absolute atomic E-state index is 10.8. The molecule has 0 aliphatic heterocycles. The van der Waals surface area contributed by atoms with Crippen molar-refractivity contribution in [3.63, 3.8) is 0 Å². The molecule has 108 valence electrons. The highest BCUT2D eigenvalue weighted by molar-refractivity contribution is 5.69. The van der Waals surface area contributed by atoms with E-state index in [1.165, 1.54) is 7.11 Å². The van der Waals surface area contributed by atoms with E-state index in [9.17, 15) is 9.90 Å². The summed E-state index contributed by atoms with van der Waals surface area (Å²) in [5.74, 6) is 0.304. The van der Waals surface area contributed by atoms with Gasteiger partial charge in [0.05, 0.1) is 25.2 Å². The van der Waals surface area contributed by atoms with Crippen molar-refractivity contribution in [2.75, 3.05) is 26.8 Å². The summed E-state index contributed by atoms with van der Waals surface area (Å²) in [5, 5.41) is 21.3. The zero-order valence-electron chi connectivity index (χ0n) is 11.3. The van der Waals surface area contributed by atoms with E-state index in [-0.39, 0.29) is 19.0 Å². The van der Waals surface area contributed by atoms with Crippen molar-refractivity contribution >= 4 is 5.97 Å². The average Bonchev–Trinajstić information content (AvgIpc) is 2.49. The van der Waals surface area contributed by atoms with Gasteiger partial charge in [-0.3, -0.25) is 4.79 Å². The van der Waals surface area contributed by atoms with Crippen molar-refractivity contribution in [1.82, 2.24) is 5.32 Å². The second kappa shape index (κ2) is 8.91. The van der Waals surface area contributed by atoms with Gasteiger partial charge < -0.3 is 19.9 Å². The molecule has 2 N–H and O–H groups in total. The van der Waals surface area contributed by atoms with Crippen LogP contribution in [0.3, 0.4) is 0 Å². The summed E-state index contributed by atoms with van der Waals surface area (Å²) in [5.41, 5.74) is 0.558. The molecule has 0 amide bonds. The Labute approximate surface area is 117 Å². The molecule has 6 nitrogen and oxygen atoms in total. The van der Waals surface area contributed by atoms with Gasteiger partial charge in [-0.1, -0.05) is 0 Å². The van der Waals surface area contributed by atoms with Crippen molar-refractivity contribution in [2.24, 2.45) is 0 Å². The van der Waals surface area contributed by atoms with Crippen LogP contribution in [0.4, 0.5) is 0 Å². The average molecular weight is 278 g/mol. The highest BCUT2D eigenvalue weighted by atomic mass is 16.5. The van der Waals surface area contributed by atoms with Crippen molar-refractivity contribution in [2.45, 2.75) is 12.5 Å². The Morgan fingerprint density at radius 2 is 2.15 bits per heavy atom. The molecular weight excluding hydrogens is 260 g/mol. The third-order valence-corrected chi connectivity index (χ3v) is 2.54. The lowest BCUT2D eigenvalue weighted by Gasteiger charge is -2.13. The topological polar surface area (TPSA) is 91.6 Å². The smallest absolute Gasteiger partial charge is 0.306 e. The zero-order valence-corrected chi connectivity index (χ0v) is 11.3. The van der Waals surface area contributed by atoms with E-state index in [0.717, 1.165) is 0 Å². The second-order valence-electron chi connectivity index (χ2n) is 4.13. The van der Waals surface area contributed by atoms with Gasteiger partial charge in [0, 0.05) is 13.1 Å². The summed E-state index contributed by atoms with van der Waals surface area (Å²) in [6.45, 7) is 0.908. The molecular formula is C14H18N2O4. The first kappa shape index (κ1) is 16.0. The van der Waals surface area contributed by atoms with Crippen molar-refractivity contribution in [1.29, 1.82) is 5.26 Å². The Kier molecular flexibility index (Phi) is 7.11. The number of carbonyl (C=O) groups excluding carboxylic acids is 1. The lowest BCUT2D eigenvalue weighted by Crippen LogP contribution is -2.32. The number of nitrogens with zero attached hydrogens (tertiary/aromatic N) is 1. The minimum Gasteiger partial charge on any atom is -0.491 e. The number of aliphatic hydroxyl groups excluding tert-OH is 1. The molecule has 0 heterocycles. The number of nitriles is 1. The van der Waals surface area contributed by atoms with E-state index in [2.05, 4.69) is 10.1 Å². The first-order valence-electron chi connectivity index (χ1n) is 6.24. The summed E-state index contributed by atoms with van der Waals surface area (Å²) in [6.07, 6.45) is -0.414. The minimum absolute atomic E-state index is 0.136. The van der Waals surface area contributed by atoms with Crippen LogP contribution in [-0.2, 0) is 9.53 Å². The number of hydrogen-bond donors (Lipinski definition) is 2. The normalized spacial score (nSPS) is 11.4. The SMILES string of the molecule is COC(=O)CCNCC(O)COc1ccc(C#N)cc1. The fourth-order valence-electron chi connectivity index (χ4n) is 1.44. The quantitative estimate of drug-likeness (QED) is 0.530. The molecule has 0 fully saturated rings. The number of aliphatic hydroxyl groups is 1. The van der Waals surface area contributed by atoms with Crippen LogP contribution in [0.15, 0.2) is 24.3 Å². The molecule has 0 spiro atoms. The first-order valence-corrected chi connectivity index (χ1v) is 6.24. The number of nitrogens with one attached hydrogen (secondary N) is 1. The molecule has 20 heavy (non-hydrogen) atoms. The van der Waals surface area contributed by atoms with E-state index < -0.39 is 6.10 Å². The van der Waals surface area contributed by atoms with Crippen LogP contribution in [-0.4, -0.2) is 44.0 Å². The molecule has 0 radical (unpaired) electrons. The van der Waals surface area contributed by atoms with Crippen LogP contribution >= 0.6 is 0 Å². The van der Waals surface area contributed by atoms with Gasteiger partial charge in [-0.25, -0.2) is 0 Å². The monoisotopic (exact) mass is 278 g/mol. The number of benzene rings is 1. The molecule has 0 bridgehead atoms. The molecule has 1 atom stereocenters. The molecule has 1 aromatic rings. The lowest BCUT2D eigenvalue weighted by atomic mass is 10.2. The predicted molar refractivity (Wildman–Crippen MR) is 72.2 cm³/mol. The van der Waals surface area contributed by atoms with E-state index >= 15 is 0 Å². The predicted octanol–water partition coefficient (Wildman–Crippen LogP) is 0.451. The Morgan fingerprint density at radius 3 is 2.75 bits per heavy atom. The summed E-state index contributed by atoms with van der Waals surface area (Å²) >= 11 is 0. The molecule has 0 aromatic heterocycles. The highest BCUT2D eigenvalue weighted by Gasteiger charge is 2.06. The Hall–Kier alpha value is -2.10. The van der Waals surface area contributed by atoms with Gasteiger partial charge in [-0.15, -0.1) is 0 Å². The maximum atomic E-state index is 10.8. The van der Waals surface area contributed by atoms with Crippen LogP contribution in [0.1, 0.15) is 12.0 Å². The third-order valence-electron chi connectivity index (χ3n) is 2.54. The van der Waals surface area contributed by atoms with E-state index in [4.69, 9.17) is 10.00 Å². The number of ether oxygens (including phenoxy) is 2. The number of rotatable bonds is 8. The van der Waals surface area contributed by atoms with Gasteiger partial charge >= 0.3 is 5.97 Å². The summed E-state index contributed by atoms with van der Waals surface area (Å²) in [7, 11) is 1.34. The fourth-order valence-corrected chi connectivity index (χ4v) is 1.44. The molecule has 0 aliphatic rings. The van der Waals surface area contributed by atoms with E-state index in [0.29, 0.717) is 24.4 Å². The van der Waals surface area contributed by atoms with Gasteiger partial charge in [0.2, 0.25) is 0 Å². The second-order valence-corrected chi connectivity index (χ2v) is 4.13. The molecule has 0 aliphatic carbocycles. The van der Waals surface area contributed by atoms with Gasteiger partial charge in [0.25, 0.3) is 0 Å². The lowest BCUT2D eigenvalue weighted by molar-refractivity contribution is -0.140. The summed E-state index contributed by atoms with van der Waals surface area (Å²) < 4.78 is 9.87. The van der Waals surface area contributed by atoms with E-state index in [1.54, 1.807) is 24.3 Å². The van der Waals surface area contributed by atoms with Crippen molar-refractivity contribution in [3.8, 4) is 11.8 Å². The van der Waals surface area contributed by atoms with Gasteiger partial charge in [-0.05, 0) is 24.3 Å². The van der Waals surface area contributed by atoms with Gasteiger partial charge in [0.1, 0.15) is 18.5 Å². The number of esters is 1. The van der Waals surface area contributed by atoms with Crippen LogP contribution < -0.4 is 10.1 Å². The Morgan fingerprint density at radius 1 is 1.45 bits per heavy atom. The summed E-state index contributed by atoms with van der Waals surface area (Å²) in [4.78, 5) is 10.8. The minimum atomic E-state index is -0.678. The largest absolute Gasteiger partial charge is 0.491 e. The highest BCUT2D eigenvalue weighted by Crippen LogP contribution is 2.11. The van der Waals surface area contributed by atoms with Gasteiger partial charge in [0.15, 0.2) is 0 Å². The van der Waals surface area contributed by atoms with Gasteiger partial charge in [-0.2, -0.15) is 5.26 Å². The number of carbonyl (C=O) groups is 1. The first-order chi connectivity index (χ1) is 9.65. The molecule has 0 saturated heterocycles. The molecule has 1 aromatic carbocycles. The molecule has 6 heteroatoms. The third kappa shape index (κ3) is 6.18.